The molecular formula is C28H42N4O6. The van der Waals surface area contributed by atoms with Gasteiger partial charge in [-0.1, -0.05) is 19.1 Å². The summed E-state index contributed by atoms with van der Waals surface area (Å²) in [5.41, 5.74) is -0.452. The van der Waals surface area contributed by atoms with Crippen molar-refractivity contribution in [2.75, 3.05) is 13.2 Å². The highest BCUT2D eigenvalue weighted by atomic mass is 16.5. The van der Waals surface area contributed by atoms with Crippen LogP contribution in [-0.2, 0) is 25.6 Å². The van der Waals surface area contributed by atoms with E-state index in [2.05, 4.69) is 16.0 Å². The summed E-state index contributed by atoms with van der Waals surface area (Å²) in [4.78, 5) is 55.4. The fourth-order valence-corrected chi connectivity index (χ4v) is 4.89. The zero-order valence-electron chi connectivity index (χ0n) is 22.9. The number of aliphatic hydroxyl groups excluding tert-OH is 1. The highest BCUT2D eigenvalue weighted by molar-refractivity contribution is 5.99. The first-order valence-electron chi connectivity index (χ1n) is 13.7. The Morgan fingerprint density at radius 2 is 1.76 bits per heavy atom. The van der Waals surface area contributed by atoms with Gasteiger partial charge in [-0.2, -0.15) is 0 Å². The number of ether oxygens (including phenoxy) is 1. The standard InChI is InChI=1S/C28H42N4O6/c1-5-28(4)27(37)30-22(17-19-11-13-20(14-12-19)38-18(2)3)26(36)32-15-8-10-23(32)25(35)29-21(24(34)31-28)9-6-7-16-33/h11-14,18,21-23,33H,5-10,15-17H2,1-4H3,(H,29,35)(H,30,37)(H,31,34)/t21-,22-,23+,28-/m0/s1. The summed E-state index contributed by atoms with van der Waals surface area (Å²) < 4.78 is 5.71. The Labute approximate surface area is 224 Å². The zero-order valence-corrected chi connectivity index (χ0v) is 22.9. The van der Waals surface area contributed by atoms with Crippen LogP contribution in [0, 0.1) is 0 Å². The minimum absolute atomic E-state index is 0.0167. The van der Waals surface area contributed by atoms with E-state index >= 15 is 0 Å². The van der Waals surface area contributed by atoms with Crippen molar-refractivity contribution in [2.45, 2.75) is 102 Å². The maximum Gasteiger partial charge on any atom is 0.246 e. The molecule has 0 aromatic heterocycles. The first-order valence-corrected chi connectivity index (χ1v) is 13.7. The lowest BCUT2D eigenvalue weighted by atomic mass is 9.94. The molecule has 4 N–H and O–H groups in total. The van der Waals surface area contributed by atoms with Crippen LogP contribution in [0.4, 0.5) is 0 Å². The predicted octanol–water partition coefficient (Wildman–Crippen LogP) is 1.44. The van der Waals surface area contributed by atoms with Crippen LogP contribution in [0.15, 0.2) is 24.3 Å². The summed E-state index contributed by atoms with van der Waals surface area (Å²) in [6.07, 6.45) is 3.02. The molecular weight excluding hydrogens is 488 g/mol. The molecule has 4 atom stereocenters. The fourth-order valence-electron chi connectivity index (χ4n) is 4.89. The molecule has 2 saturated heterocycles. The Morgan fingerprint density at radius 1 is 1.05 bits per heavy atom. The lowest BCUT2D eigenvalue weighted by Gasteiger charge is -2.36. The van der Waals surface area contributed by atoms with E-state index in [0.717, 1.165) is 5.56 Å². The van der Waals surface area contributed by atoms with Gasteiger partial charge in [0.2, 0.25) is 23.6 Å². The summed E-state index contributed by atoms with van der Waals surface area (Å²) in [5, 5.41) is 17.7. The van der Waals surface area contributed by atoms with E-state index in [4.69, 9.17) is 9.84 Å². The van der Waals surface area contributed by atoms with Crippen molar-refractivity contribution in [3.05, 3.63) is 29.8 Å². The van der Waals surface area contributed by atoms with Gasteiger partial charge in [-0.15, -0.1) is 0 Å². The third kappa shape index (κ3) is 7.24. The van der Waals surface area contributed by atoms with Crippen LogP contribution in [-0.4, -0.2) is 76.6 Å². The molecule has 2 fully saturated rings. The van der Waals surface area contributed by atoms with Gasteiger partial charge in [0.15, 0.2) is 0 Å². The van der Waals surface area contributed by atoms with Crippen molar-refractivity contribution in [1.29, 1.82) is 0 Å². The number of amides is 4. The van der Waals surface area contributed by atoms with Crippen molar-refractivity contribution in [2.24, 2.45) is 0 Å². The topological polar surface area (TPSA) is 137 Å². The van der Waals surface area contributed by atoms with Gasteiger partial charge in [-0.05, 0) is 77.0 Å². The van der Waals surface area contributed by atoms with Crippen LogP contribution < -0.4 is 20.7 Å². The molecule has 38 heavy (non-hydrogen) atoms. The van der Waals surface area contributed by atoms with Crippen LogP contribution >= 0.6 is 0 Å². The Bertz CT molecular complexity index is 998. The van der Waals surface area contributed by atoms with Crippen LogP contribution in [0.1, 0.15) is 71.8 Å². The van der Waals surface area contributed by atoms with Gasteiger partial charge in [-0.3, -0.25) is 19.2 Å². The highest BCUT2D eigenvalue weighted by Crippen LogP contribution is 2.23. The maximum atomic E-state index is 13.8. The van der Waals surface area contributed by atoms with Crippen molar-refractivity contribution in [3.63, 3.8) is 0 Å². The van der Waals surface area contributed by atoms with Gasteiger partial charge < -0.3 is 30.7 Å². The molecule has 0 saturated carbocycles. The van der Waals surface area contributed by atoms with E-state index in [9.17, 15) is 19.2 Å². The minimum Gasteiger partial charge on any atom is -0.491 e. The van der Waals surface area contributed by atoms with Crippen LogP contribution in [0.2, 0.25) is 0 Å². The van der Waals surface area contributed by atoms with Crippen molar-refractivity contribution in [1.82, 2.24) is 20.9 Å². The molecule has 10 heteroatoms. The second-order valence-electron chi connectivity index (χ2n) is 10.7. The van der Waals surface area contributed by atoms with E-state index in [-0.39, 0.29) is 37.4 Å². The molecule has 3 rings (SSSR count). The summed E-state index contributed by atoms with van der Waals surface area (Å²) in [6, 6.07) is 4.89. The molecule has 0 spiro atoms. The number of nitrogens with zero attached hydrogens (tertiary/aromatic N) is 1. The zero-order chi connectivity index (χ0) is 27.9. The van der Waals surface area contributed by atoms with Gasteiger partial charge in [0.05, 0.1) is 6.10 Å². The molecule has 2 aliphatic rings. The number of hydrogen-bond acceptors (Lipinski definition) is 6. The maximum absolute atomic E-state index is 13.8. The number of hydrogen-bond donors (Lipinski definition) is 4. The quantitative estimate of drug-likeness (QED) is 0.357. The summed E-state index contributed by atoms with van der Waals surface area (Å²) in [6.45, 7) is 7.67. The number of nitrogens with one attached hydrogen (secondary N) is 3. The lowest BCUT2D eigenvalue weighted by molar-refractivity contribution is -0.144. The van der Waals surface area contributed by atoms with Crippen LogP contribution in [0.3, 0.4) is 0 Å². The third-order valence-electron chi connectivity index (χ3n) is 7.32. The van der Waals surface area contributed by atoms with E-state index < -0.39 is 35.5 Å². The Hall–Kier alpha value is -3.14. The van der Waals surface area contributed by atoms with E-state index in [1.807, 2.05) is 38.1 Å². The Balaban J connectivity index is 1.91. The smallest absolute Gasteiger partial charge is 0.246 e. The van der Waals surface area contributed by atoms with Gasteiger partial charge in [0.25, 0.3) is 0 Å². The summed E-state index contributed by atoms with van der Waals surface area (Å²) in [7, 11) is 0. The molecule has 0 radical (unpaired) electrons. The molecule has 1 aromatic carbocycles. The van der Waals surface area contributed by atoms with Gasteiger partial charge in [0, 0.05) is 19.6 Å². The van der Waals surface area contributed by atoms with Crippen molar-refractivity contribution in [3.8, 4) is 5.75 Å². The molecule has 2 heterocycles. The second-order valence-corrected chi connectivity index (χ2v) is 10.7. The van der Waals surface area contributed by atoms with Crippen LogP contribution in [0.5, 0.6) is 5.75 Å². The monoisotopic (exact) mass is 530 g/mol. The summed E-state index contributed by atoms with van der Waals surface area (Å²) in [5.74, 6) is -0.892. The average molecular weight is 531 g/mol. The molecule has 2 aliphatic heterocycles. The fraction of sp³-hybridized carbons (Fsp3) is 0.643. The second kappa shape index (κ2) is 13.1. The van der Waals surface area contributed by atoms with Crippen LogP contribution in [0.25, 0.3) is 0 Å². The molecule has 1 aromatic rings. The lowest BCUT2D eigenvalue weighted by Crippen LogP contribution is -2.65. The third-order valence-corrected chi connectivity index (χ3v) is 7.32. The molecule has 4 amide bonds. The molecule has 0 aliphatic carbocycles. The first kappa shape index (κ1) is 29.4. The van der Waals surface area contributed by atoms with Gasteiger partial charge in [0.1, 0.15) is 29.4 Å². The first-order chi connectivity index (χ1) is 18.1. The number of unbranched alkanes of at least 4 members (excludes halogenated alkanes) is 1. The molecule has 0 bridgehead atoms. The highest BCUT2D eigenvalue weighted by Gasteiger charge is 2.43. The number of carbonyl (C=O) groups excluding carboxylic acids is 4. The molecule has 10 nitrogen and oxygen atoms in total. The van der Waals surface area contributed by atoms with E-state index in [1.165, 1.54) is 4.90 Å². The molecule has 210 valence electrons. The number of rotatable bonds is 9. The largest absolute Gasteiger partial charge is 0.491 e. The summed E-state index contributed by atoms with van der Waals surface area (Å²) >= 11 is 0. The number of aliphatic hydroxyl groups is 1. The van der Waals surface area contributed by atoms with Gasteiger partial charge in [-0.25, -0.2) is 0 Å². The number of benzene rings is 1. The SMILES string of the molecule is CC[C@]1(C)NC(=O)[C@H](CCCCO)NC(=O)[C@H]2CCCN2C(=O)[C@H](Cc2ccc(OC(C)C)cc2)NC1=O. The van der Waals surface area contributed by atoms with Gasteiger partial charge >= 0.3 is 0 Å². The van der Waals surface area contributed by atoms with E-state index in [0.29, 0.717) is 44.4 Å². The number of carbonyl (C=O) groups is 4. The average Bonchev–Trinajstić information content (AvgIpc) is 3.37. The predicted molar refractivity (Wildman–Crippen MR) is 142 cm³/mol. The van der Waals surface area contributed by atoms with E-state index in [1.54, 1.807) is 13.8 Å². The Kier molecular flexibility index (Phi) is 10.1. The minimum atomic E-state index is -1.28. The normalized spacial score (nSPS) is 26.7. The Morgan fingerprint density at radius 3 is 2.39 bits per heavy atom. The molecule has 0 unspecified atom stereocenters. The van der Waals surface area contributed by atoms with Crippen molar-refractivity contribution >= 4 is 23.6 Å². The van der Waals surface area contributed by atoms with Crippen molar-refractivity contribution < 1.29 is 29.0 Å². The number of fused-ring (bicyclic) bond motifs is 1.